The van der Waals surface area contributed by atoms with Crippen LogP contribution in [0, 0.1) is 0 Å². The molecule has 2 rings (SSSR count). The molecule has 5 heteroatoms. The average Bonchev–Trinajstić information content (AvgIpc) is 2.55. The normalized spacial score (nSPS) is 18.1. The topological polar surface area (TPSA) is 55.8 Å². The third-order valence-corrected chi connectivity index (χ3v) is 4.27. The lowest BCUT2D eigenvalue weighted by molar-refractivity contribution is 0.0915. The molecular weight excluding hydrogens is 278 g/mol. The molecule has 22 heavy (non-hydrogen) atoms. The molecule has 1 aromatic rings. The predicted octanol–water partition coefficient (Wildman–Crippen LogP) is 0.935. The van der Waals surface area contributed by atoms with Gasteiger partial charge >= 0.3 is 0 Å². The number of aliphatic hydroxyl groups excluding tert-OH is 1. The minimum atomic E-state index is -0.169. The van der Waals surface area contributed by atoms with Crippen LogP contribution in [0.4, 0.5) is 0 Å². The molecule has 1 aromatic carbocycles. The van der Waals surface area contributed by atoms with E-state index in [1.807, 2.05) is 31.2 Å². The molecule has 0 radical (unpaired) electrons. The quantitative estimate of drug-likeness (QED) is 0.821. The van der Waals surface area contributed by atoms with E-state index in [9.17, 15) is 4.79 Å². The molecule has 5 nitrogen and oxygen atoms in total. The minimum Gasteiger partial charge on any atom is -0.394 e. The fourth-order valence-corrected chi connectivity index (χ4v) is 2.57. The molecule has 2 N–H and O–H groups in total. The zero-order valence-corrected chi connectivity index (χ0v) is 13.6. The Morgan fingerprint density at radius 1 is 1.23 bits per heavy atom. The van der Waals surface area contributed by atoms with Crippen LogP contribution in [0.5, 0.6) is 0 Å². The van der Waals surface area contributed by atoms with Crippen molar-refractivity contribution in [3.05, 3.63) is 35.4 Å². The number of carbonyl (C=O) groups is 1. The minimum absolute atomic E-state index is 0.0241. The maximum absolute atomic E-state index is 12.1. The van der Waals surface area contributed by atoms with E-state index >= 15 is 0 Å². The third-order valence-electron chi connectivity index (χ3n) is 4.27. The van der Waals surface area contributed by atoms with Gasteiger partial charge < -0.3 is 15.3 Å². The van der Waals surface area contributed by atoms with Gasteiger partial charge in [0.25, 0.3) is 5.91 Å². The summed E-state index contributed by atoms with van der Waals surface area (Å²) >= 11 is 0. The summed E-state index contributed by atoms with van der Waals surface area (Å²) in [6, 6.07) is 7.60. The van der Waals surface area contributed by atoms with E-state index < -0.39 is 0 Å². The van der Waals surface area contributed by atoms with E-state index in [0.29, 0.717) is 5.56 Å². The summed E-state index contributed by atoms with van der Waals surface area (Å²) in [7, 11) is 2.15. The van der Waals surface area contributed by atoms with Gasteiger partial charge in [-0.1, -0.05) is 19.1 Å². The van der Waals surface area contributed by atoms with Crippen LogP contribution in [-0.2, 0) is 6.54 Å². The smallest absolute Gasteiger partial charge is 0.251 e. The second-order valence-corrected chi connectivity index (χ2v) is 6.04. The number of benzene rings is 1. The van der Waals surface area contributed by atoms with Crippen LogP contribution >= 0.6 is 0 Å². The van der Waals surface area contributed by atoms with E-state index in [4.69, 9.17) is 5.11 Å². The Kier molecular flexibility index (Phi) is 6.36. The largest absolute Gasteiger partial charge is 0.394 e. The number of hydrogen-bond acceptors (Lipinski definition) is 4. The van der Waals surface area contributed by atoms with E-state index in [1.165, 1.54) is 5.56 Å². The van der Waals surface area contributed by atoms with Gasteiger partial charge in [0.15, 0.2) is 0 Å². The highest BCUT2D eigenvalue weighted by molar-refractivity contribution is 5.94. The maximum atomic E-state index is 12.1. The molecule has 0 aliphatic carbocycles. The molecule has 1 atom stereocenters. The van der Waals surface area contributed by atoms with E-state index in [2.05, 4.69) is 22.2 Å². The Morgan fingerprint density at radius 2 is 1.86 bits per heavy atom. The molecular formula is C17H27N3O2. The average molecular weight is 305 g/mol. The second-order valence-electron chi connectivity index (χ2n) is 6.04. The summed E-state index contributed by atoms with van der Waals surface area (Å²) in [5, 5.41) is 12.0. The van der Waals surface area contributed by atoms with Crippen LogP contribution in [0.25, 0.3) is 0 Å². The number of hydrogen-bond donors (Lipinski definition) is 2. The molecule has 1 aliphatic heterocycles. The summed E-state index contributed by atoms with van der Waals surface area (Å²) in [6.07, 6.45) is 0.726. The number of amides is 1. The predicted molar refractivity (Wildman–Crippen MR) is 87.8 cm³/mol. The van der Waals surface area contributed by atoms with Gasteiger partial charge in [-0.05, 0) is 31.2 Å². The SMILES string of the molecule is CCC(CO)NC(=O)c1ccc(CN2CCN(C)CC2)cc1. The van der Waals surface area contributed by atoms with Crippen molar-refractivity contribution >= 4 is 5.91 Å². The van der Waals surface area contributed by atoms with Crippen LogP contribution in [0.2, 0.25) is 0 Å². The Labute approximate surface area is 132 Å². The molecule has 1 unspecified atom stereocenters. The summed E-state index contributed by atoms with van der Waals surface area (Å²) < 4.78 is 0. The first-order valence-corrected chi connectivity index (χ1v) is 8.04. The van der Waals surface area contributed by atoms with Crippen LogP contribution in [0.1, 0.15) is 29.3 Å². The molecule has 0 bridgehead atoms. The Balaban J connectivity index is 1.88. The molecule has 1 aliphatic rings. The molecule has 0 saturated carbocycles. The van der Waals surface area contributed by atoms with E-state index in [1.54, 1.807) is 0 Å². The third kappa shape index (κ3) is 4.80. The van der Waals surface area contributed by atoms with Crippen LogP contribution in [0.15, 0.2) is 24.3 Å². The molecule has 122 valence electrons. The van der Waals surface area contributed by atoms with Gasteiger partial charge in [0.05, 0.1) is 12.6 Å². The number of aliphatic hydroxyl groups is 1. The molecule has 0 aromatic heterocycles. The summed E-state index contributed by atoms with van der Waals surface area (Å²) in [6.45, 7) is 7.26. The standard InChI is InChI=1S/C17H27N3O2/c1-3-16(13-21)18-17(22)15-6-4-14(5-7-15)12-20-10-8-19(2)9-11-20/h4-7,16,21H,3,8-13H2,1-2H3,(H,18,22). The number of nitrogens with one attached hydrogen (secondary N) is 1. The zero-order valence-electron chi connectivity index (χ0n) is 13.6. The van der Waals surface area contributed by atoms with Gasteiger partial charge in [0, 0.05) is 38.3 Å². The molecule has 0 spiro atoms. The van der Waals surface area contributed by atoms with Crippen molar-refractivity contribution in [2.75, 3.05) is 39.8 Å². The van der Waals surface area contributed by atoms with Crippen molar-refractivity contribution in [3.63, 3.8) is 0 Å². The Morgan fingerprint density at radius 3 is 2.41 bits per heavy atom. The van der Waals surface area contributed by atoms with Crippen LogP contribution < -0.4 is 5.32 Å². The van der Waals surface area contributed by atoms with Crippen molar-refractivity contribution in [3.8, 4) is 0 Å². The Bertz CT molecular complexity index is 463. The highest BCUT2D eigenvalue weighted by Crippen LogP contribution is 2.10. The highest BCUT2D eigenvalue weighted by Gasteiger charge is 2.14. The van der Waals surface area contributed by atoms with Crippen molar-refractivity contribution in [2.45, 2.75) is 25.9 Å². The lowest BCUT2D eigenvalue weighted by atomic mass is 10.1. The lowest BCUT2D eigenvalue weighted by Crippen LogP contribution is -2.43. The fourth-order valence-electron chi connectivity index (χ4n) is 2.57. The van der Waals surface area contributed by atoms with Crippen molar-refractivity contribution < 1.29 is 9.90 Å². The number of nitrogens with zero attached hydrogens (tertiary/aromatic N) is 2. The summed E-state index contributed by atoms with van der Waals surface area (Å²) in [4.78, 5) is 16.9. The first kappa shape index (κ1) is 16.9. The van der Waals surface area contributed by atoms with Crippen LogP contribution in [0.3, 0.4) is 0 Å². The molecule has 1 heterocycles. The zero-order chi connectivity index (χ0) is 15.9. The number of carbonyl (C=O) groups excluding carboxylic acids is 1. The number of piperazine rings is 1. The van der Waals surface area contributed by atoms with Crippen LogP contribution in [-0.4, -0.2) is 66.7 Å². The second kappa shape index (κ2) is 8.27. The van der Waals surface area contributed by atoms with E-state index in [0.717, 1.165) is 39.1 Å². The van der Waals surface area contributed by atoms with Crippen molar-refractivity contribution in [1.82, 2.24) is 15.1 Å². The first-order chi connectivity index (χ1) is 10.6. The first-order valence-electron chi connectivity index (χ1n) is 8.04. The van der Waals surface area contributed by atoms with Gasteiger partial charge in [0.2, 0.25) is 0 Å². The van der Waals surface area contributed by atoms with Gasteiger partial charge in [-0.2, -0.15) is 0 Å². The lowest BCUT2D eigenvalue weighted by Gasteiger charge is -2.32. The highest BCUT2D eigenvalue weighted by atomic mass is 16.3. The van der Waals surface area contributed by atoms with Gasteiger partial charge in [-0.25, -0.2) is 0 Å². The Hall–Kier alpha value is -1.43. The fraction of sp³-hybridized carbons (Fsp3) is 0.588. The van der Waals surface area contributed by atoms with Gasteiger partial charge in [-0.15, -0.1) is 0 Å². The monoisotopic (exact) mass is 305 g/mol. The molecule has 1 saturated heterocycles. The van der Waals surface area contributed by atoms with Gasteiger partial charge in [0.1, 0.15) is 0 Å². The summed E-state index contributed by atoms with van der Waals surface area (Å²) in [5.41, 5.74) is 1.88. The summed E-state index contributed by atoms with van der Waals surface area (Å²) in [5.74, 6) is -0.118. The van der Waals surface area contributed by atoms with Crippen molar-refractivity contribution in [1.29, 1.82) is 0 Å². The molecule has 1 fully saturated rings. The van der Waals surface area contributed by atoms with Crippen molar-refractivity contribution in [2.24, 2.45) is 0 Å². The maximum Gasteiger partial charge on any atom is 0.251 e. The number of likely N-dealkylation sites (N-methyl/N-ethyl adjacent to an activating group) is 1. The number of rotatable bonds is 6. The van der Waals surface area contributed by atoms with Gasteiger partial charge in [-0.3, -0.25) is 9.69 Å². The van der Waals surface area contributed by atoms with E-state index in [-0.39, 0.29) is 18.6 Å². The molecule has 1 amide bonds.